The molecule has 3 N–H and O–H groups in total. The molecule has 270 valence electrons. The first-order valence-electron chi connectivity index (χ1n) is 17.8. The zero-order valence-corrected chi connectivity index (χ0v) is 29.9. The quantitative estimate of drug-likeness (QED) is 0.157. The Balaban J connectivity index is 0.898. The second-order valence-corrected chi connectivity index (χ2v) is 13.5. The number of carbonyl (C=O) groups is 2. The van der Waals surface area contributed by atoms with Crippen molar-refractivity contribution in [2.45, 2.75) is 65.7 Å². The molecule has 0 bridgehead atoms. The lowest BCUT2D eigenvalue weighted by Crippen LogP contribution is -2.51. The standard InChI is InChI=1S/C39H44N8O5/c1-5-36(49)47-24(2)18-33(32-8-6-7-9-34(32)47)41-30-12-10-28(11-13-30)38-43-42-35(51-38)22-40-39(50)46-16-14-45(15-17-46)23-27-19-29(21-31(48)20-27)37-25(3)44-52-26(37)4/h6-13,19-21,24,33,41,48H,5,14-18,22-23H2,1-4H3,(H,40,50)/t24-,33+/m0/s1. The number of phenolic OH excluding ortho intramolecular Hbond substituents is 1. The highest BCUT2D eigenvalue weighted by atomic mass is 16.5. The van der Waals surface area contributed by atoms with Gasteiger partial charge in [0.15, 0.2) is 0 Å². The number of hydrogen-bond donors (Lipinski definition) is 3. The van der Waals surface area contributed by atoms with Gasteiger partial charge in [-0.15, -0.1) is 10.2 Å². The van der Waals surface area contributed by atoms with E-state index in [-0.39, 0.29) is 36.3 Å². The van der Waals surface area contributed by atoms with Crippen molar-refractivity contribution in [3.05, 3.63) is 95.2 Å². The molecule has 2 aliphatic heterocycles. The molecule has 0 unspecified atom stereocenters. The number of anilines is 2. The smallest absolute Gasteiger partial charge is 0.317 e. The van der Waals surface area contributed by atoms with Crippen molar-refractivity contribution in [2.75, 3.05) is 36.4 Å². The number of nitrogens with one attached hydrogen (secondary N) is 2. The van der Waals surface area contributed by atoms with E-state index in [9.17, 15) is 14.7 Å². The van der Waals surface area contributed by atoms with Gasteiger partial charge in [-0.25, -0.2) is 4.79 Å². The monoisotopic (exact) mass is 704 g/mol. The van der Waals surface area contributed by atoms with Gasteiger partial charge < -0.3 is 34.5 Å². The van der Waals surface area contributed by atoms with E-state index in [0.29, 0.717) is 56.7 Å². The summed E-state index contributed by atoms with van der Waals surface area (Å²) in [6.45, 7) is 11.0. The van der Waals surface area contributed by atoms with Gasteiger partial charge in [0.05, 0.1) is 18.3 Å². The van der Waals surface area contributed by atoms with E-state index < -0.39 is 0 Å². The minimum atomic E-state index is -0.186. The van der Waals surface area contributed by atoms with E-state index >= 15 is 0 Å². The SMILES string of the molecule is CCC(=O)N1c2ccccc2[C@H](Nc2ccc(-c3nnc(CNC(=O)N4CCN(Cc5cc(O)cc(-c6c(C)noc6C)c5)CC4)o3)cc2)C[C@@H]1C. The molecule has 0 saturated carbocycles. The van der Waals surface area contributed by atoms with Gasteiger partial charge in [-0.2, -0.15) is 0 Å². The molecule has 5 aromatic rings. The van der Waals surface area contributed by atoms with Crippen LogP contribution in [0.5, 0.6) is 5.75 Å². The first-order valence-corrected chi connectivity index (χ1v) is 17.8. The number of urea groups is 1. The van der Waals surface area contributed by atoms with Crippen LogP contribution in [-0.2, 0) is 17.9 Å². The number of aromatic nitrogens is 3. The zero-order chi connectivity index (χ0) is 36.4. The number of carbonyl (C=O) groups excluding carboxylic acids is 2. The second-order valence-electron chi connectivity index (χ2n) is 13.5. The Labute approximate surface area is 302 Å². The van der Waals surface area contributed by atoms with Gasteiger partial charge in [-0.05, 0) is 92.4 Å². The summed E-state index contributed by atoms with van der Waals surface area (Å²) in [5.74, 6) is 1.73. The van der Waals surface area contributed by atoms with E-state index in [0.717, 1.165) is 51.3 Å². The number of aromatic hydroxyl groups is 1. The zero-order valence-electron chi connectivity index (χ0n) is 29.9. The highest BCUT2D eigenvalue weighted by Gasteiger charge is 2.33. The van der Waals surface area contributed by atoms with Crippen molar-refractivity contribution in [3.8, 4) is 28.3 Å². The molecule has 3 amide bonds. The Morgan fingerprint density at radius 1 is 0.962 bits per heavy atom. The highest BCUT2D eigenvalue weighted by Crippen LogP contribution is 2.39. The number of phenols is 1. The lowest BCUT2D eigenvalue weighted by molar-refractivity contribution is -0.118. The fraction of sp³-hybridized carbons (Fsp3) is 0.359. The normalized spacial score (nSPS) is 17.5. The third-order valence-corrected chi connectivity index (χ3v) is 9.86. The lowest BCUT2D eigenvalue weighted by Gasteiger charge is -2.40. The summed E-state index contributed by atoms with van der Waals surface area (Å²) in [4.78, 5) is 31.7. The average Bonchev–Trinajstić information content (AvgIpc) is 3.76. The van der Waals surface area contributed by atoms with Gasteiger partial charge in [0.2, 0.25) is 17.7 Å². The third kappa shape index (κ3) is 7.35. The van der Waals surface area contributed by atoms with E-state index in [4.69, 9.17) is 8.94 Å². The van der Waals surface area contributed by atoms with Crippen molar-refractivity contribution in [2.24, 2.45) is 0 Å². The minimum Gasteiger partial charge on any atom is -0.508 e. The lowest BCUT2D eigenvalue weighted by atomic mass is 9.91. The summed E-state index contributed by atoms with van der Waals surface area (Å²) in [6.07, 6.45) is 1.26. The summed E-state index contributed by atoms with van der Waals surface area (Å²) in [6, 6.07) is 21.4. The first kappa shape index (κ1) is 34.7. The number of amides is 3. The fourth-order valence-corrected chi connectivity index (χ4v) is 7.29. The fourth-order valence-electron chi connectivity index (χ4n) is 7.29. The van der Waals surface area contributed by atoms with Crippen molar-refractivity contribution >= 4 is 23.3 Å². The first-order chi connectivity index (χ1) is 25.2. The number of aryl methyl sites for hydroxylation is 2. The van der Waals surface area contributed by atoms with Gasteiger partial charge in [-0.1, -0.05) is 30.3 Å². The molecule has 4 heterocycles. The molecule has 1 saturated heterocycles. The molecular formula is C39H44N8O5. The van der Waals surface area contributed by atoms with E-state index in [1.165, 1.54) is 0 Å². The van der Waals surface area contributed by atoms with Crippen LogP contribution in [0.3, 0.4) is 0 Å². The molecule has 2 atom stereocenters. The molecule has 7 rings (SSSR count). The number of hydrogen-bond acceptors (Lipinski definition) is 10. The molecular weight excluding hydrogens is 660 g/mol. The van der Waals surface area contributed by atoms with Crippen LogP contribution in [0.4, 0.5) is 16.2 Å². The van der Waals surface area contributed by atoms with Gasteiger partial charge in [0, 0.05) is 67.7 Å². The van der Waals surface area contributed by atoms with E-state index in [1.54, 1.807) is 17.0 Å². The summed E-state index contributed by atoms with van der Waals surface area (Å²) >= 11 is 0. The van der Waals surface area contributed by atoms with Gasteiger partial charge in [0.25, 0.3) is 0 Å². The van der Waals surface area contributed by atoms with Crippen LogP contribution in [0.1, 0.15) is 61.2 Å². The highest BCUT2D eigenvalue weighted by molar-refractivity contribution is 5.95. The van der Waals surface area contributed by atoms with E-state index in [1.807, 2.05) is 68.1 Å². The number of piperazine rings is 1. The predicted octanol–water partition coefficient (Wildman–Crippen LogP) is 6.43. The van der Waals surface area contributed by atoms with Crippen molar-refractivity contribution in [1.29, 1.82) is 0 Å². The molecule has 13 heteroatoms. The maximum atomic E-state index is 13.0. The van der Waals surface area contributed by atoms with Crippen LogP contribution in [0.2, 0.25) is 0 Å². The number of benzene rings is 3. The summed E-state index contributed by atoms with van der Waals surface area (Å²) in [5, 5.41) is 29.4. The largest absolute Gasteiger partial charge is 0.508 e. The van der Waals surface area contributed by atoms with Gasteiger partial charge in [0.1, 0.15) is 11.5 Å². The predicted molar refractivity (Wildman–Crippen MR) is 197 cm³/mol. The molecule has 3 aromatic carbocycles. The molecule has 0 spiro atoms. The summed E-state index contributed by atoms with van der Waals surface area (Å²) < 4.78 is 11.2. The van der Waals surface area contributed by atoms with Gasteiger partial charge >= 0.3 is 6.03 Å². The average molecular weight is 705 g/mol. The molecule has 2 aliphatic rings. The van der Waals surface area contributed by atoms with Crippen molar-refractivity contribution in [3.63, 3.8) is 0 Å². The summed E-state index contributed by atoms with van der Waals surface area (Å²) in [5.41, 5.74) is 7.32. The van der Waals surface area contributed by atoms with Gasteiger partial charge in [-0.3, -0.25) is 9.69 Å². The van der Waals surface area contributed by atoms with E-state index in [2.05, 4.69) is 49.9 Å². The molecule has 13 nitrogen and oxygen atoms in total. The number of nitrogens with zero attached hydrogens (tertiary/aromatic N) is 6. The number of fused-ring (bicyclic) bond motifs is 1. The Hall–Kier alpha value is -5.69. The van der Waals surface area contributed by atoms with Crippen LogP contribution in [-0.4, -0.2) is 74.4 Å². The Kier molecular flexibility index (Phi) is 9.95. The van der Waals surface area contributed by atoms with Crippen LogP contribution in [0, 0.1) is 13.8 Å². The Morgan fingerprint density at radius 2 is 1.73 bits per heavy atom. The second kappa shape index (κ2) is 14.9. The van der Waals surface area contributed by atoms with Crippen LogP contribution >= 0.6 is 0 Å². The topological polar surface area (TPSA) is 153 Å². The molecule has 2 aromatic heterocycles. The number of rotatable bonds is 9. The molecule has 0 radical (unpaired) electrons. The molecule has 0 aliphatic carbocycles. The Bertz CT molecular complexity index is 2030. The van der Waals surface area contributed by atoms with Crippen LogP contribution < -0.4 is 15.5 Å². The van der Waals surface area contributed by atoms with Crippen LogP contribution in [0.15, 0.2) is 75.7 Å². The van der Waals surface area contributed by atoms with Crippen molar-refractivity contribution < 1.29 is 23.6 Å². The van der Waals surface area contributed by atoms with Crippen LogP contribution in [0.25, 0.3) is 22.6 Å². The molecule has 1 fully saturated rings. The third-order valence-electron chi connectivity index (χ3n) is 9.86. The maximum Gasteiger partial charge on any atom is 0.317 e. The van der Waals surface area contributed by atoms with Crippen molar-refractivity contribution in [1.82, 2.24) is 30.5 Å². The summed E-state index contributed by atoms with van der Waals surface area (Å²) in [7, 11) is 0. The maximum absolute atomic E-state index is 13.0. The Morgan fingerprint density at radius 3 is 2.46 bits per heavy atom. The minimum absolute atomic E-state index is 0.0610. The number of para-hydroxylation sites is 1. The molecule has 52 heavy (non-hydrogen) atoms.